The van der Waals surface area contributed by atoms with Crippen molar-refractivity contribution in [2.75, 3.05) is 25.0 Å². The van der Waals surface area contributed by atoms with Gasteiger partial charge in [0.2, 0.25) is 0 Å². The van der Waals surface area contributed by atoms with Crippen molar-refractivity contribution in [3.8, 4) is 0 Å². The summed E-state index contributed by atoms with van der Waals surface area (Å²) in [5.74, 6) is 0. The van der Waals surface area contributed by atoms with Crippen LogP contribution in [-0.4, -0.2) is 20.1 Å². The molecule has 1 aromatic carbocycles. The van der Waals surface area contributed by atoms with Crippen molar-refractivity contribution in [1.29, 1.82) is 0 Å². The summed E-state index contributed by atoms with van der Waals surface area (Å²) < 4.78 is 1.10. The lowest BCUT2D eigenvalue weighted by atomic mass is 10.3. The van der Waals surface area contributed by atoms with E-state index in [0.29, 0.717) is 6.54 Å². The normalized spacial score (nSPS) is 9.15. The first-order chi connectivity index (χ1) is 5.74. The highest BCUT2D eigenvalue weighted by atomic mass is 79.9. The lowest BCUT2D eigenvalue weighted by Crippen LogP contribution is -2.24. The molecule has 2 nitrogen and oxygen atoms in total. The lowest BCUT2D eigenvalue weighted by molar-refractivity contribution is 0.885. The minimum atomic E-state index is 0. The van der Waals surface area contributed by atoms with E-state index < -0.39 is 0 Å². The molecule has 1 rings (SSSR count). The highest BCUT2D eigenvalue weighted by Crippen LogP contribution is 2.18. The Balaban J connectivity index is 0.00000144. The van der Waals surface area contributed by atoms with E-state index >= 15 is 0 Å². The molecule has 0 saturated heterocycles. The fraction of sp³-hybridized carbons (Fsp3) is 0.333. The minimum Gasteiger partial charge on any atom is -0.373 e. The van der Waals surface area contributed by atoms with E-state index in [4.69, 9.17) is 5.73 Å². The van der Waals surface area contributed by atoms with E-state index in [-0.39, 0.29) is 12.4 Å². The minimum absolute atomic E-state index is 0. The molecule has 74 valence electrons. The molecule has 0 bridgehead atoms. The van der Waals surface area contributed by atoms with Crippen molar-refractivity contribution in [2.45, 2.75) is 0 Å². The third-order valence-electron chi connectivity index (χ3n) is 1.71. The number of benzene rings is 1. The molecule has 0 atom stereocenters. The standard InChI is InChI=1S/C9H13BrN2.ClH/c1-12(6-5-11)9-4-2-3-8(10)7-9;/h2-4,7H,5-6,11H2,1H3;1H. The SMILES string of the molecule is CN(CCN)c1cccc(Br)c1.Cl. The predicted octanol–water partition coefficient (Wildman–Crippen LogP) is 2.27. The molecule has 0 spiro atoms. The summed E-state index contributed by atoms with van der Waals surface area (Å²) in [4.78, 5) is 2.13. The van der Waals surface area contributed by atoms with Gasteiger partial charge in [0.1, 0.15) is 0 Å². The van der Waals surface area contributed by atoms with Gasteiger partial charge in [0.15, 0.2) is 0 Å². The Morgan fingerprint density at radius 2 is 2.15 bits per heavy atom. The first kappa shape index (κ1) is 12.8. The molecule has 0 aliphatic rings. The summed E-state index contributed by atoms with van der Waals surface area (Å²) in [6.07, 6.45) is 0. The second-order valence-corrected chi connectivity index (χ2v) is 3.61. The zero-order valence-electron chi connectivity index (χ0n) is 7.53. The molecule has 0 unspecified atom stereocenters. The number of likely N-dealkylation sites (N-methyl/N-ethyl adjacent to an activating group) is 1. The Morgan fingerprint density at radius 3 is 2.69 bits per heavy atom. The van der Waals surface area contributed by atoms with Crippen molar-refractivity contribution < 1.29 is 0 Å². The lowest BCUT2D eigenvalue weighted by Gasteiger charge is -2.18. The number of hydrogen-bond donors (Lipinski definition) is 1. The molecule has 0 aliphatic heterocycles. The molecular weight excluding hydrogens is 251 g/mol. The number of hydrogen-bond acceptors (Lipinski definition) is 2. The van der Waals surface area contributed by atoms with Gasteiger partial charge < -0.3 is 10.6 Å². The summed E-state index contributed by atoms with van der Waals surface area (Å²) in [6, 6.07) is 8.18. The van der Waals surface area contributed by atoms with Crippen molar-refractivity contribution in [2.24, 2.45) is 5.73 Å². The largest absolute Gasteiger partial charge is 0.373 e. The molecule has 0 heterocycles. The van der Waals surface area contributed by atoms with Gasteiger partial charge in [-0.2, -0.15) is 0 Å². The van der Waals surface area contributed by atoms with E-state index in [1.165, 1.54) is 5.69 Å². The van der Waals surface area contributed by atoms with E-state index in [1.807, 2.05) is 19.2 Å². The van der Waals surface area contributed by atoms with Gasteiger partial charge >= 0.3 is 0 Å². The van der Waals surface area contributed by atoms with Gasteiger partial charge in [-0.05, 0) is 18.2 Å². The third kappa shape index (κ3) is 3.98. The van der Waals surface area contributed by atoms with Gasteiger partial charge in [-0.3, -0.25) is 0 Å². The van der Waals surface area contributed by atoms with Crippen LogP contribution in [0, 0.1) is 0 Å². The smallest absolute Gasteiger partial charge is 0.0375 e. The summed E-state index contributed by atoms with van der Waals surface area (Å²) in [7, 11) is 2.04. The number of anilines is 1. The Labute approximate surface area is 93.6 Å². The predicted molar refractivity (Wildman–Crippen MR) is 63.7 cm³/mol. The molecule has 0 aromatic heterocycles. The van der Waals surface area contributed by atoms with E-state index in [1.54, 1.807) is 0 Å². The van der Waals surface area contributed by atoms with Crippen LogP contribution >= 0.6 is 28.3 Å². The van der Waals surface area contributed by atoms with Crippen LogP contribution in [0.5, 0.6) is 0 Å². The monoisotopic (exact) mass is 264 g/mol. The zero-order chi connectivity index (χ0) is 8.97. The van der Waals surface area contributed by atoms with E-state index in [0.717, 1.165) is 11.0 Å². The van der Waals surface area contributed by atoms with Crippen LogP contribution in [0.1, 0.15) is 0 Å². The van der Waals surface area contributed by atoms with Crippen molar-refractivity contribution >= 4 is 34.0 Å². The van der Waals surface area contributed by atoms with Crippen LogP contribution in [0.3, 0.4) is 0 Å². The van der Waals surface area contributed by atoms with Crippen molar-refractivity contribution in [3.05, 3.63) is 28.7 Å². The third-order valence-corrected chi connectivity index (χ3v) is 2.21. The molecule has 2 N–H and O–H groups in total. The first-order valence-electron chi connectivity index (χ1n) is 3.91. The summed E-state index contributed by atoms with van der Waals surface area (Å²) in [5, 5.41) is 0. The Morgan fingerprint density at radius 1 is 1.46 bits per heavy atom. The van der Waals surface area contributed by atoms with Gasteiger partial charge in [0.05, 0.1) is 0 Å². The maximum Gasteiger partial charge on any atom is 0.0375 e. The molecule has 13 heavy (non-hydrogen) atoms. The number of rotatable bonds is 3. The van der Waals surface area contributed by atoms with Crippen LogP contribution < -0.4 is 10.6 Å². The average molecular weight is 266 g/mol. The number of nitrogens with two attached hydrogens (primary N) is 1. The maximum absolute atomic E-state index is 5.45. The summed E-state index contributed by atoms with van der Waals surface area (Å²) >= 11 is 3.42. The van der Waals surface area contributed by atoms with Gasteiger partial charge in [0.25, 0.3) is 0 Å². The molecule has 0 fully saturated rings. The topological polar surface area (TPSA) is 29.3 Å². The molecular formula is C9H14BrClN2. The first-order valence-corrected chi connectivity index (χ1v) is 4.70. The van der Waals surface area contributed by atoms with Gasteiger partial charge in [-0.25, -0.2) is 0 Å². The van der Waals surface area contributed by atoms with Crippen LogP contribution in [0.25, 0.3) is 0 Å². The molecule has 4 heteroatoms. The number of nitrogens with zero attached hydrogens (tertiary/aromatic N) is 1. The Kier molecular flexibility index (Phi) is 6.12. The van der Waals surface area contributed by atoms with E-state index in [9.17, 15) is 0 Å². The number of halogens is 2. The van der Waals surface area contributed by atoms with Gasteiger partial charge in [-0.1, -0.05) is 22.0 Å². The highest BCUT2D eigenvalue weighted by molar-refractivity contribution is 9.10. The molecule has 0 amide bonds. The van der Waals surface area contributed by atoms with Crippen molar-refractivity contribution in [3.63, 3.8) is 0 Å². The summed E-state index contributed by atoms with van der Waals surface area (Å²) in [5.41, 5.74) is 6.64. The zero-order valence-corrected chi connectivity index (χ0v) is 9.94. The van der Waals surface area contributed by atoms with E-state index in [2.05, 4.69) is 33.0 Å². The maximum atomic E-state index is 5.45. The Bertz CT molecular complexity index is 255. The molecule has 0 saturated carbocycles. The fourth-order valence-corrected chi connectivity index (χ4v) is 1.42. The second-order valence-electron chi connectivity index (χ2n) is 2.69. The highest BCUT2D eigenvalue weighted by Gasteiger charge is 1.98. The second kappa shape index (κ2) is 6.24. The van der Waals surface area contributed by atoms with Crippen LogP contribution in [0.15, 0.2) is 28.7 Å². The van der Waals surface area contributed by atoms with Crippen LogP contribution in [-0.2, 0) is 0 Å². The molecule has 0 radical (unpaired) electrons. The molecule has 0 aliphatic carbocycles. The quantitative estimate of drug-likeness (QED) is 0.908. The summed E-state index contributed by atoms with van der Waals surface area (Å²) in [6.45, 7) is 1.57. The average Bonchev–Trinajstić information content (AvgIpc) is 2.05. The van der Waals surface area contributed by atoms with Gasteiger partial charge in [0, 0.05) is 30.3 Å². The fourth-order valence-electron chi connectivity index (χ4n) is 1.04. The van der Waals surface area contributed by atoms with Crippen LogP contribution in [0.4, 0.5) is 5.69 Å². The van der Waals surface area contributed by atoms with Gasteiger partial charge in [-0.15, -0.1) is 12.4 Å². The Hall–Kier alpha value is -0.250. The van der Waals surface area contributed by atoms with Crippen molar-refractivity contribution in [1.82, 2.24) is 0 Å². The van der Waals surface area contributed by atoms with Crippen LogP contribution in [0.2, 0.25) is 0 Å². The molecule has 1 aromatic rings.